The van der Waals surface area contributed by atoms with E-state index < -0.39 is 9.85 Å². The van der Waals surface area contributed by atoms with Crippen LogP contribution in [0.1, 0.15) is 51.9 Å². The smallest absolute Gasteiger partial charge is 0.270 e. The Balaban J connectivity index is 0.000000241. The van der Waals surface area contributed by atoms with Crippen LogP contribution >= 0.6 is 0 Å². The number of para-hydroxylation sites is 2. The molecule has 0 spiro atoms. The summed E-state index contributed by atoms with van der Waals surface area (Å²) < 4.78 is 0. The van der Waals surface area contributed by atoms with Crippen molar-refractivity contribution in [3.63, 3.8) is 0 Å². The third-order valence-corrected chi connectivity index (χ3v) is 10.9. The van der Waals surface area contributed by atoms with Crippen molar-refractivity contribution in [3.05, 3.63) is 222 Å². The minimum atomic E-state index is -0.585. The number of nitrogens with one attached hydrogen (secondary N) is 4. The van der Waals surface area contributed by atoms with Gasteiger partial charge >= 0.3 is 0 Å². The molecule has 0 atom stereocenters. The summed E-state index contributed by atoms with van der Waals surface area (Å²) in [6.07, 6.45) is 0. The van der Waals surface area contributed by atoms with Crippen LogP contribution < -0.4 is 21.3 Å². The highest BCUT2D eigenvalue weighted by molar-refractivity contribution is 5.79. The van der Waals surface area contributed by atoms with E-state index in [-0.39, 0.29) is 46.9 Å². The average molecular weight is 993 g/mol. The van der Waals surface area contributed by atoms with Crippen LogP contribution in [0.15, 0.2) is 178 Å². The molecule has 20 nitrogen and oxygen atoms in total. The minimum Gasteiger partial charge on any atom is -0.365 e. The third-order valence-electron chi connectivity index (χ3n) is 10.9. The summed E-state index contributed by atoms with van der Waals surface area (Å²) in [5.74, 6) is 1.47. The largest absolute Gasteiger partial charge is 0.365 e. The Hall–Kier alpha value is -11.2. The molecule has 20 heteroatoms. The molecule has 6 aromatic carbocycles. The van der Waals surface area contributed by atoms with Gasteiger partial charge in [-0.25, -0.2) is 9.97 Å². The van der Waals surface area contributed by atoms with Crippen LogP contribution in [0.2, 0.25) is 0 Å². The first-order valence-electron chi connectivity index (χ1n) is 22.3. The molecule has 0 fully saturated rings. The molecule has 2 heterocycles. The molecule has 4 N–H and O–H groups in total. The molecule has 0 aliphatic carbocycles. The first-order valence-corrected chi connectivity index (χ1v) is 22.3. The van der Waals surface area contributed by atoms with E-state index >= 15 is 0 Å². The molecule has 8 rings (SSSR count). The number of anilines is 6. The highest BCUT2D eigenvalue weighted by Gasteiger charge is 2.21. The highest BCUT2D eigenvalue weighted by atomic mass is 16.6. The van der Waals surface area contributed by atoms with Crippen molar-refractivity contribution in [2.75, 3.05) is 21.3 Å². The number of hydrogen-bond acceptors (Lipinski definition) is 18. The summed E-state index contributed by atoms with van der Waals surface area (Å²) in [6.45, 7) is 4.37. The third kappa shape index (κ3) is 13.6. The molecule has 0 aliphatic heterocycles. The quantitative estimate of drug-likeness (QED) is 0.0397. The number of azo groups is 2. The molecule has 75 heavy (non-hydrogen) atoms. The first kappa shape index (κ1) is 53.1. The molecule has 0 aliphatic rings. The van der Waals surface area contributed by atoms with E-state index in [1.54, 1.807) is 13.8 Å². The lowest BCUT2D eigenvalue weighted by atomic mass is 10.1. The summed E-state index contributed by atoms with van der Waals surface area (Å²) in [4.78, 5) is 30.3. The molecule has 0 unspecified atom stereocenters. The van der Waals surface area contributed by atoms with Crippen molar-refractivity contribution in [3.8, 4) is 24.3 Å². The molecule has 0 amide bonds. The van der Waals surface area contributed by atoms with E-state index in [0.29, 0.717) is 64.4 Å². The zero-order valence-corrected chi connectivity index (χ0v) is 39.4. The van der Waals surface area contributed by atoms with Crippen LogP contribution in [0.5, 0.6) is 0 Å². The lowest BCUT2D eigenvalue weighted by molar-refractivity contribution is -0.385. The number of nitro groups is 2. The fourth-order valence-electron chi connectivity index (χ4n) is 7.05. The fourth-order valence-corrected chi connectivity index (χ4v) is 7.05. The second kappa shape index (κ2) is 25.6. The minimum absolute atomic E-state index is 0. The molecular weight excluding hydrogens is 949 g/mol. The van der Waals surface area contributed by atoms with Crippen molar-refractivity contribution in [2.45, 2.75) is 34.4 Å². The Bertz CT molecular complexity index is 3590. The van der Waals surface area contributed by atoms with Crippen molar-refractivity contribution in [2.24, 2.45) is 20.5 Å². The van der Waals surface area contributed by atoms with Gasteiger partial charge in [-0.15, -0.1) is 20.5 Å². The molecule has 0 bridgehead atoms. The Morgan fingerprint density at radius 1 is 0.480 bits per heavy atom. The second-order valence-electron chi connectivity index (χ2n) is 15.7. The number of rotatable bonds is 16. The van der Waals surface area contributed by atoms with E-state index in [0.717, 1.165) is 34.6 Å². The maximum atomic E-state index is 11.1. The summed E-state index contributed by atoms with van der Waals surface area (Å²) in [5, 5.41) is 90.8. The number of nitro benzene ring substituents is 2. The normalized spacial score (nSPS) is 10.3. The SMILES string of the molecule is C.Cc1c(C#N)c(NCc2ccccc2)nc(Nc2ccccc2)c1N=Nc1ccc([N+](=O)[O-])cc1C#N.Cc1c(C#N)c(Nc2ccccc2)nc(NCc2ccccc2)c1N=Nc1ccc([N+](=O)[O-])cc1C#N. The Morgan fingerprint density at radius 3 is 1.27 bits per heavy atom. The summed E-state index contributed by atoms with van der Waals surface area (Å²) in [6, 6.07) is 53.8. The molecular formula is C55H44N16O4. The summed E-state index contributed by atoms with van der Waals surface area (Å²) >= 11 is 0. The number of pyridine rings is 2. The highest BCUT2D eigenvalue weighted by Crippen LogP contribution is 2.39. The number of nitrogens with zero attached hydrogens (tertiary/aromatic N) is 12. The van der Waals surface area contributed by atoms with E-state index in [1.165, 1.54) is 24.3 Å². The van der Waals surface area contributed by atoms with E-state index in [2.05, 4.69) is 63.8 Å². The van der Waals surface area contributed by atoms with Crippen LogP contribution in [-0.2, 0) is 13.1 Å². The van der Waals surface area contributed by atoms with Gasteiger partial charge < -0.3 is 21.3 Å². The van der Waals surface area contributed by atoms with Crippen LogP contribution in [0.3, 0.4) is 0 Å². The lowest BCUT2D eigenvalue weighted by Crippen LogP contribution is -2.07. The molecule has 8 aromatic rings. The Labute approximate surface area is 431 Å². The average Bonchev–Trinajstić information content (AvgIpc) is 3.42. The molecule has 0 saturated carbocycles. The molecule has 0 saturated heterocycles. The van der Waals surface area contributed by atoms with E-state index in [4.69, 9.17) is 0 Å². The number of non-ortho nitro benzene ring substituents is 2. The maximum absolute atomic E-state index is 11.1. The van der Waals surface area contributed by atoms with Crippen LogP contribution in [-0.4, -0.2) is 19.8 Å². The number of nitriles is 4. The van der Waals surface area contributed by atoms with Gasteiger partial charge in [0.15, 0.2) is 17.5 Å². The van der Waals surface area contributed by atoms with Gasteiger partial charge in [0.2, 0.25) is 0 Å². The van der Waals surface area contributed by atoms with Gasteiger partial charge in [-0.05, 0) is 61.4 Å². The van der Waals surface area contributed by atoms with Gasteiger partial charge in [0.05, 0.1) is 32.1 Å². The summed E-state index contributed by atoms with van der Waals surface area (Å²) in [7, 11) is 0. The topological polar surface area (TPSA) is 305 Å². The predicted octanol–water partition coefficient (Wildman–Crippen LogP) is 14.3. The number of hydrogen-bond donors (Lipinski definition) is 4. The van der Waals surface area contributed by atoms with Crippen molar-refractivity contribution in [1.82, 2.24) is 9.97 Å². The molecule has 0 radical (unpaired) electrons. The monoisotopic (exact) mass is 992 g/mol. The van der Waals surface area contributed by atoms with Gasteiger partial charge in [0, 0.05) is 59.9 Å². The lowest BCUT2D eigenvalue weighted by Gasteiger charge is -2.16. The van der Waals surface area contributed by atoms with Crippen LogP contribution in [0.4, 0.5) is 68.8 Å². The van der Waals surface area contributed by atoms with Crippen molar-refractivity contribution in [1.29, 1.82) is 21.0 Å². The van der Waals surface area contributed by atoms with Crippen LogP contribution in [0.25, 0.3) is 0 Å². The predicted molar refractivity (Wildman–Crippen MR) is 285 cm³/mol. The van der Waals surface area contributed by atoms with Crippen LogP contribution in [0, 0.1) is 79.4 Å². The fraction of sp³-hybridized carbons (Fsp3) is 0.0909. The summed E-state index contributed by atoms with van der Waals surface area (Å²) in [5.41, 5.74) is 5.66. The van der Waals surface area contributed by atoms with Gasteiger partial charge in [0.25, 0.3) is 11.4 Å². The first-order chi connectivity index (χ1) is 36.0. The molecule has 2 aromatic heterocycles. The van der Waals surface area contributed by atoms with E-state index in [1.807, 2.05) is 133 Å². The van der Waals surface area contributed by atoms with E-state index in [9.17, 15) is 41.3 Å². The van der Waals surface area contributed by atoms with Gasteiger partial charge in [-0.1, -0.05) is 104 Å². The number of aromatic nitrogens is 2. The van der Waals surface area contributed by atoms with Crippen molar-refractivity contribution >= 4 is 68.8 Å². The zero-order valence-electron chi connectivity index (χ0n) is 39.4. The van der Waals surface area contributed by atoms with Gasteiger partial charge in [0.1, 0.15) is 52.8 Å². The Kier molecular flexibility index (Phi) is 18.1. The van der Waals surface area contributed by atoms with Gasteiger partial charge in [-0.2, -0.15) is 21.0 Å². The second-order valence-corrected chi connectivity index (χ2v) is 15.7. The van der Waals surface area contributed by atoms with Crippen molar-refractivity contribution < 1.29 is 9.85 Å². The van der Waals surface area contributed by atoms with Gasteiger partial charge in [-0.3, -0.25) is 20.2 Å². The number of benzene rings is 6. The molecule has 368 valence electrons. The maximum Gasteiger partial charge on any atom is 0.270 e. The Morgan fingerprint density at radius 2 is 0.853 bits per heavy atom. The standard InChI is InChI=1S/2C27H20N8O2.CH4/c1-18-23(16-29)26(31-21-10-6-3-7-11-21)32-27(30-17-19-8-4-2-5-9-19)25(18)34-33-24-13-12-22(35(36)37)14-20(24)15-28;1-18-23(16-29)26(30-17-19-8-4-2-5-9-19)32-27(31-21-10-6-3-7-11-21)25(18)34-33-24-13-12-22(35(36)37)14-20(24)15-28;/h2*2-14H,17H2,1H3,(H2,30,31,32);1H4. The zero-order chi connectivity index (χ0) is 52.4.